The van der Waals surface area contributed by atoms with Crippen molar-refractivity contribution in [3.8, 4) is 0 Å². The molecule has 1 N–H and O–H groups in total. The van der Waals surface area contributed by atoms with Crippen molar-refractivity contribution in [3.63, 3.8) is 0 Å². The molecule has 0 aliphatic carbocycles. The molecule has 25 heavy (non-hydrogen) atoms. The van der Waals surface area contributed by atoms with Crippen LogP contribution in [0.25, 0.3) is 0 Å². The summed E-state index contributed by atoms with van der Waals surface area (Å²) < 4.78 is 42.9. The Kier molecular flexibility index (Phi) is 6.86. The summed E-state index contributed by atoms with van der Waals surface area (Å²) in [6.07, 6.45) is -3.70. The van der Waals surface area contributed by atoms with Gasteiger partial charge in [-0.15, -0.1) is 0 Å². The second kappa shape index (κ2) is 8.68. The normalized spacial score (nSPS) is 15.6. The Balaban J connectivity index is 1.88. The lowest BCUT2D eigenvalue weighted by Crippen LogP contribution is -2.51. The van der Waals surface area contributed by atoms with Crippen LogP contribution in [0.3, 0.4) is 0 Å². The van der Waals surface area contributed by atoms with E-state index < -0.39 is 11.7 Å². The smallest absolute Gasteiger partial charge is 0.383 e. The molecule has 0 radical (unpaired) electrons. The third kappa shape index (κ3) is 5.45. The number of nitrogens with zero attached hydrogens (tertiary/aromatic N) is 3. The maximum absolute atomic E-state index is 12.7. The molecule has 1 aliphatic heterocycles. The molecule has 140 valence electrons. The minimum atomic E-state index is -4.48. The Bertz CT molecular complexity index is 593. The number of aromatic nitrogens is 1. The minimum Gasteiger partial charge on any atom is -0.383 e. The summed E-state index contributed by atoms with van der Waals surface area (Å²) in [7, 11) is 1.59. The lowest BCUT2D eigenvalue weighted by molar-refractivity contribution is -0.137. The number of halogens is 4. The van der Waals surface area contributed by atoms with Crippen LogP contribution in [0.2, 0.25) is 5.02 Å². The number of nitrogens with one attached hydrogen (secondary N) is 1. The summed E-state index contributed by atoms with van der Waals surface area (Å²) in [5.74, 6) is 0.280. The molecule has 2 rings (SSSR count). The van der Waals surface area contributed by atoms with Gasteiger partial charge in [0.1, 0.15) is 5.82 Å². The van der Waals surface area contributed by atoms with Gasteiger partial charge < -0.3 is 19.9 Å². The van der Waals surface area contributed by atoms with E-state index in [2.05, 4.69) is 10.3 Å². The van der Waals surface area contributed by atoms with Crippen LogP contribution in [0.1, 0.15) is 5.56 Å². The molecule has 0 saturated carbocycles. The molecule has 1 aromatic heterocycles. The van der Waals surface area contributed by atoms with E-state index in [-0.39, 0.29) is 17.5 Å². The maximum atomic E-state index is 12.7. The number of amides is 1. The van der Waals surface area contributed by atoms with E-state index in [1.54, 1.807) is 16.9 Å². The van der Waals surface area contributed by atoms with Gasteiger partial charge in [-0.1, -0.05) is 11.6 Å². The van der Waals surface area contributed by atoms with Crippen molar-refractivity contribution in [2.45, 2.75) is 6.18 Å². The van der Waals surface area contributed by atoms with Gasteiger partial charge in [-0.3, -0.25) is 4.79 Å². The average molecular weight is 381 g/mol. The van der Waals surface area contributed by atoms with E-state index in [9.17, 15) is 18.0 Å². The number of methoxy groups -OCH3 is 1. The van der Waals surface area contributed by atoms with Crippen LogP contribution in [-0.2, 0) is 15.7 Å². The van der Waals surface area contributed by atoms with E-state index in [0.29, 0.717) is 45.1 Å². The summed E-state index contributed by atoms with van der Waals surface area (Å²) >= 11 is 5.96. The monoisotopic (exact) mass is 380 g/mol. The molecular formula is C15H20ClF3N4O2. The SMILES string of the molecule is COCCNCC(=O)N1CCN(c2ncc(C(F)(F)F)cc2Cl)CC1. The Morgan fingerprint density at radius 2 is 2.04 bits per heavy atom. The number of carbonyl (C=O) groups excluding carboxylic acids is 1. The molecule has 1 fully saturated rings. The first-order valence-electron chi connectivity index (χ1n) is 7.78. The Labute approximate surface area is 148 Å². The summed E-state index contributed by atoms with van der Waals surface area (Å²) in [5, 5.41) is 2.94. The predicted octanol–water partition coefficient (Wildman–Crippen LogP) is 1.64. The molecule has 1 aromatic rings. The van der Waals surface area contributed by atoms with E-state index in [4.69, 9.17) is 16.3 Å². The zero-order chi connectivity index (χ0) is 18.4. The van der Waals surface area contributed by atoms with Crippen LogP contribution >= 0.6 is 11.6 Å². The standard InChI is InChI=1S/C15H20ClF3N4O2/c1-25-7-2-20-10-13(24)22-3-5-23(6-4-22)14-12(16)8-11(9-21-14)15(17,18)19/h8-9,20H,2-7,10H2,1H3. The second-order valence-electron chi connectivity index (χ2n) is 5.56. The summed E-state index contributed by atoms with van der Waals surface area (Å²) in [5.41, 5.74) is -0.878. The molecule has 0 atom stereocenters. The van der Waals surface area contributed by atoms with Gasteiger partial charge in [0.2, 0.25) is 5.91 Å². The van der Waals surface area contributed by atoms with Crippen molar-refractivity contribution >= 4 is 23.3 Å². The molecule has 10 heteroatoms. The van der Waals surface area contributed by atoms with Crippen LogP contribution in [0.15, 0.2) is 12.3 Å². The molecule has 1 saturated heterocycles. The molecular weight excluding hydrogens is 361 g/mol. The van der Waals surface area contributed by atoms with Crippen LogP contribution < -0.4 is 10.2 Å². The first-order chi connectivity index (χ1) is 11.8. The van der Waals surface area contributed by atoms with Gasteiger partial charge in [0.25, 0.3) is 0 Å². The molecule has 6 nitrogen and oxygen atoms in total. The van der Waals surface area contributed by atoms with Crippen molar-refractivity contribution in [1.82, 2.24) is 15.2 Å². The number of hydrogen-bond acceptors (Lipinski definition) is 5. The number of piperazine rings is 1. The van der Waals surface area contributed by atoms with Gasteiger partial charge in [0.15, 0.2) is 0 Å². The number of alkyl halides is 3. The summed E-state index contributed by atoms with van der Waals surface area (Å²) in [6.45, 7) is 3.19. The van der Waals surface area contributed by atoms with Crippen molar-refractivity contribution in [3.05, 3.63) is 22.8 Å². The molecule has 0 spiro atoms. The molecule has 0 bridgehead atoms. The number of hydrogen-bond donors (Lipinski definition) is 1. The molecule has 1 amide bonds. The third-order valence-corrected chi connectivity index (χ3v) is 4.12. The highest BCUT2D eigenvalue weighted by Crippen LogP contribution is 2.33. The fraction of sp³-hybridized carbons (Fsp3) is 0.600. The van der Waals surface area contributed by atoms with Crippen LogP contribution in [-0.4, -0.2) is 68.8 Å². The number of rotatable bonds is 6. The maximum Gasteiger partial charge on any atom is 0.417 e. The van der Waals surface area contributed by atoms with E-state index in [0.717, 1.165) is 12.3 Å². The Morgan fingerprint density at radius 1 is 1.36 bits per heavy atom. The van der Waals surface area contributed by atoms with Gasteiger partial charge in [-0.2, -0.15) is 13.2 Å². The quantitative estimate of drug-likeness (QED) is 0.760. The highest BCUT2D eigenvalue weighted by molar-refractivity contribution is 6.33. The predicted molar refractivity (Wildman–Crippen MR) is 87.8 cm³/mol. The summed E-state index contributed by atoms with van der Waals surface area (Å²) in [4.78, 5) is 19.4. The first-order valence-corrected chi connectivity index (χ1v) is 8.16. The largest absolute Gasteiger partial charge is 0.417 e. The fourth-order valence-electron chi connectivity index (χ4n) is 2.47. The van der Waals surface area contributed by atoms with Gasteiger partial charge in [-0.05, 0) is 6.07 Å². The highest BCUT2D eigenvalue weighted by Gasteiger charge is 2.32. The van der Waals surface area contributed by atoms with Gasteiger partial charge in [-0.25, -0.2) is 4.98 Å². The zero-order valence-electron chi connectivity index (χ0n) is 13.8. The van der Waals surface area contributed by atoms with Crippen molar-refractivity contribution in [1.29, 1.82) is 0 Å². The zero-order valence-corrected chi connectivity index (χ0v) is 14.5. The number of anilines is 1. The lowest BCUT2D eigenvalue weighted by Gasteiger charge is -2.36. The minimum absolute atomic E-state index is 0.0257. The average Bonchev–Trinajstić information content (AvgIpc) is 2.58. The van der Waals surface area contributed by atoms with Crippen LogP contribution in [0.5, 0.6) is 0 Å². The van der Waals surface area contributed by atoms with Crippen LogP contribution in [0, 0.1) is 0 Å². The number of carbonyl (C=O) groups is 1. The molecule has 2 heterocycles. The van der Waals surface area contributed by atoms with Gasteiger partial charge >= 0.3 is 6.18 Å². The number of ether oxygens (including phenoxy) is 1. The molecule has 0 unspecified atom stereocenters. The third-order valence-electron chi connectivity index (χ3n) is 3.84. The topological polar surface area (TPSA) is 57.7 Å². The van der Waals surface area contributed by atoms with Crippen molar-refractivity contribution in [2.24, 2.45) is 0 Å². The van der Waals surface area contributed by atoms with Crippen LogP contribution in [0.4, 0.5) is 19.0 Å². The van der Waals surface area contributed by atoms with Gasteiger partial charge in [0, 0.05) is 46.0 Å². The van der Waals surface area contributed by atoms with Crippen molar-refractivity contribution in [2.75, 3.05) is 57.9 Å². The van der Waals surface area contributed by atoms with Crippen molar-refractivity contribution < 1.29 is 22.7 Å². The highest BCUT2D eigenvalue weighted by atomic mass is 35.5. The lowest BCUT2D eigenvalue weighted by atomic mass is 10.2. The van der Waals surface area contributed by atoms with E-state index >= 15 is 0 Å². The molecule has 0 aromatic carbocycles. The fourth-order valence-corrected chi connectivity index (χ4v) is 2.75. The Hall–Kier alpha value is -1.58. The second-order valence-corrected chi connectivity index (χ2v) is 5.97. The number of pyridine rings is 1. The van der Waals surface area contributed by atoms with E-state index in [1.165, 1.54) is 0 Å². The Morgan fingerprint density at radius 3 is 2.60 bits per heavy atom. The first kappa shape index (κ1) is 19.7. The molecule has 1 aliphatic rings. The van der Waals surface area contributed by atoms with Gasteiger partial charge in [0.05, 0.1) is 23.7 Å². The summed E-state index contributed by atoms with van der Waals surface area (Å²) in [6, 6.07) is 0.876. The van der Waals surface area contributed by atoms with E-state index in [1.807, 2.05) is 0 Å².